The van der Waals surface area contributed by atoms with Gasteiger partial charge in [-0.3, -0.25) is 0 Å². The number of aryl methyl sites for hydroxylation is 1. The summed E-state index contributed by atoms with van der Waals surface area (Å²) < 4.78 is 3.17. The first kappa shape index (κ1) is 11.7. The van der Waals surface area contributed by atoms with E-state index in [-0.39, 0.29) is 0 Å². The Hall–Kier alpha value is -1.33. The fourth-order valence-corrected chi connectivity index (χ4v) is 3.47. The molecule has 3 aromatic rings. The van der Waals surface area contributed by atoms with Crippen molar-refractivity contribution in [2.24, 2.45) is 0 Å². The molecule has 2 aromatic heterocycles. The molecule has 2 N–H and O–H groups in total. The molecule has 0 saturated carbocycles. The Kier molecular flexibility index (Phi) is 2.87. The summed E-state index contributed by atoms with van der Waals surface area (Å²) in [6, 6.07) is 8.28. The number of benzene rings is 1. The van der Waals surface area contributed by atoms with Gasteiger partial charge in [0.25, 0.3) is 0 Å². The zero-order valence-corrected chi connectivity index (χ0v) is 12.3. The second kappa shape index (κ2) is 4.40. The molecule has 0 fully saturated rings. The number of nitrogen functional groups attached to an aromatic ring is 1. The molecular formula is C13H12BrN3S. The van der Waals surface area contributed by atoms with Crippen molar-refractivity contribution >= 4 is 44.2 Å². The molecule has 0 atom stereocenters. The highest BCUT2D eigenvalue weighted by molar-refractivity contribution is 9.10. The maximum Gasteiger partial charge on any atom is 0.201 e. The van der Waals surface area contributed by atoms with Gasteiger partial charge in [0.15, 0.2) is 0 Å². The largest absolute Gasteiger partial charge is 0.369 e. The monoisotopic (exact) mass is 321 g/mol. The van der Waals surface area contributed by atoms with Crippen LogP contribution in [0.5, 0.6) is 0 Å². The minimum Gasteiger partial charge on any atom is -0.369 e. The van der Waals surface area contributed by atoms with Gasteiger partial charge in [-0.15, -0.1) is 11.3 Å². The minimum atomic E-state index is 0.566. The molecule has 0 aliphatic rings. The summed E-state index contributed by atoms with van der Waals surface area (Å²) in [5.74, 6) is 0.566. The molecule has 0 unspecified atom stereocenters. The van der Waals surface area contributed by atoms with Crippen LogP contribution in [0.2, 0.25) is 0 Å². The third-order valence-corrected chi connectivity index (χ3v) is 4.84. The molecule has 0 aliphatic heterocycles. The molecule has 0 bridgehead atoms. The van der Waals surface area contributed by atoms with Gasteiger partial charge in [0, 0.05) is 9.35 Å². The van der Waals surface area contributed by atoms with Crippen molar-refractivity contribution in [2.75, 3.05) is 5.73 Å². The van der Waals surface area contributed by atoms with Crippen LogP contribution in [0.1, 0.15) is 10.4 Å². The summed E-state index contributed by atoms with van der Waals surface area (Å²) in [5, 5.41) is 2.07. The lowest BCUT2D eigenvalue weighted by atomic mass is 10.2. The van der Waals surface area contributed by atoms with Crippen molar-refractivity contribution in [1.82, 2.24) is 9.55 Å². The van der Waals surface area contributed by atoms with Crippen LogP contribution in [0.3, 0.4) is 0 Å². The third kappa shape index (κ3) is 1.93. The fraction of sp³-hybridized carbons (Fsp3) is 0.154. The second-order valence-electron chi connectivity index (χ2n) is 4.24. The van der Waals surface area contributed by atoms with Crippen LogP contribution in [0.15, 0.2) is 34.1 Å². The molecule has 3 rings (SSSR count). The lowest BCUT2D eigenvalue weighted by Crippen LogP contribution is -2.03. The Morgan fingerprint density at radius 1 is 1.39 bits per heavy atom. The first-order valence-corrected chi connectivity index (χ1v) is 7.26. The van der Waals surface area contributed by atoms with Crippen LogP contribution in [0.4, 0.5) is 5.95 Å². The quantitative estimate of drug-likeness (QED) is 0.780. The zero-order chi connectivity index (χ0) is 12.7. The Labute approximate surface area is 117 Å². The number of nitrogens with two attached hydrogens (primary N) is 1. The highest BCUT2D eigenvalue weighted by atomic mass is 79.9. The Bertz CT molecular complexity index is 714. The van der Waals surface area contributed by atoms with E-state index in [0.29, 0.717) is 5.95 Å². The first-order chi connectivity index (χ1) is 8.65. The number of halogens is 1. The zero-order valence-electron chi connectivity index (χ0n) is 9.85. The summed E-state index contributed by atoms with van der Waals surface area (Å²) in [7, 11) is 0. The number of imidazole rings is 1. The number of aromatic nitrogens is 2. The van der Waals surface area contributed by atoms with Crippen LogP contribution in [-0.4, -0.2) is 9.55 Å². The minimum absolute atomic E-state index is 0.566. The lowest BCUT2D eigenvalue weighted by molar-refractivity contribution is 0.850. The Morgan fingerprint density at radius 3 is 2.94 bits per heavy atom. The van der Waals surface area contributed by atoms with E-state index in [2.05, 4.69) is 57.5 Å². The molecule has 0 amide bonds. The Balaban J connectivity index is 2.11. The molecule has 0 saturated heterocycles. The molecule has 3 nitrogen and oxygen atoms in total. The van der Waals surface area contributed by atoms with Crippen molar-refractivity contribution < 1.29 is 0 Å². The van der Waals surface area contributed by atoms with Gasteiger partial charge >= 0.3 is 0 Å². The van der Waals surface area contributed by atoms with Crippen LogP contribution >= 0.6 is 27.3 Å². The second-order valence-corrected chi connectivity index (χ2v) is 6.10. The maximum atomic E-state index is 6.01. The van der Waals surface area contributed by atoms with E-state index >= 15 is 0 Å². The first-order valence-electron chi connectivity index (χ1n) is 5.59. The van der Waals surface area contributed by atoms with Crippen molar-refractivity contribution in [2.45, 2.75) is 13.5 Å². The van der Waals surface area contributed by atoms with Gasteiger partial charge in [0.1, 0.15) is 0 Å². The van der Waals surface area contributed by atoms with Gasteiger partial charge in [-0.1, -0.05) is 6.07 Å². The molecule has 18 heavy (non-hydrogen) atoms. The molecule has 5 heteroatoms. The molecular weight excluding hydrogens is 310 g/mol. The fourth-order valence-electron chi connectivity index (χ4n) is 2.01. The topological polar surface area (TPSA) is 43.8 Å². The average molecular weight is 322 g/mol. The van der Waals surface area contributed by atoms with E-state index in [4.69, 9.17) is 5.73 Å². The molecule has 2 heterocycles. The van der Waals surface area contributed by atoms with E-state index < -0.39 is 0 Å². The summed E-state index contributed by atoms with van der Waals surface area (Å²) in [6.07, 6.45) is 0. The average Bonchev–Trinajstić information content (AvgIpc) is 2.85. The van der Waals surface area contributed by atoms with Gasteiger partial charge in [-0.25, -0.2) is 4.98 Å². The number of nitrogens with zero attached hydrogens (tertiary/aromatic N) is 2. The molecule has 1 aromatic carbocycles. The standard InChI is InChI=1S/C13H12BrN3S/c1-8-2-3-11-10(6-8)16-13(15)17(11)7-12-9(14)4-5-18-12/h2-6H,7H2,1H3,(H2,15,16). The van der Waals surface area contributed by atoms with Crippen LogP contribution in [0, 0.1) is 6.92 Å². The van der Waals surface area contributed by atoms with E-state index in [1.165, 1.54) is 10.4 Å². The van der Waals surface area contributed by atoms with Gasteiger partial charge in [0.05, 0.1) is 17.6 Å². The van der Waals surface area contributed by atoms with E-state index in [9.17, 15) is 0 Å². The molecule has 0 spiro atoms. The predicted octanol–water partition coefficient (Wildman–Crippen LogP) is 3.80. The van der Waals surface area contributed by atoms with Crippen LogP contribution in [-0.2, 0) is 6.54 Å². The SMILES string of the molecule is Cc1ccc2c(c1)nc(N)n2Cc1sccc1Br. The number of rotatable bonds is 2. The predicted molar refractivity (Wildman–Crippen MR) is 80.0 cm³/mol. The van der Waals surface area contributed by atoms with Crippen LogP contribution < -0.4 is 5.73 Å². The summed E-state index contributed by atoms with van der Waals surface area (Å²) in [5.41, 5.74) is 9.25. The number of hydrogen-bond acceptors (Lipinski definition) is 3. The van der Waals surface area contributed by atoms with Crippen molar-refractivity contribution in [3.05, 3.63) is 44.6 Å². The summed E-state index contributed by atoms with van der Waals surface area (Å²) >= 11 is 5.27. The number of fused-ring (bicyclic) bond motifs is 1. The number of hydrogen-bond donors (Lipinski definition) is 1. The molecule has 0 radical (unpaired) electrons. The van der Waals surface area contributed by atoms with Gasteiger partial charge in [0.2, 0.25) is 5.95 Å². The number of anilines is 1. The molecule has 92 valence electrons. The van der Waals surface area contributed by atoms with Gasteiger partial charge in [-0.2, -0.15) is 0 Å². The van der Waals surface area contributed by atoms with Crippen molar-refractivity contribution in [1.29, 1.82) is 0 Å². The van der Waals surface area contributed by atoms with Crippen LogP contribution in [0.25, 0.3) is 11.0 Å². The van der Waals surface area contributed by atoms with E-state index in [1.807, 2.05) is 4.57 Å². The van der Waals surface area contributed by atoms with Gasteiger partial charge < -0.3 is 10.3 Å². The summed E-state index contributed by atoms with van der Waals surface area (Å²) in [4.78, 5) is 5.67. The highest BCUT2D eigenvalue weighted by Crippen LogP contribution is 2.27. The van der Waals surface area contributed by atoms with Crippen molar-refractivity contribution in [3.63, 3.8) is 0 Å². The summed E-state index contributed by atoms with van der Waals surface area (Å²) in [6.45, 7) is 2.81. The normalized spacial score (nSPS) is 11.2. The maximum absolute atomic E-state index is 6.01. The van der Waals surface area contributed by atoms with E-state index in [0.717, 1.165) is 22.1 Å². The third-order valence-electron chi connectivity index (χ3n) is 2.93. The Morgan fingerprint density at radius 2 is 2.22 bits per heavy atom. The molecule has 0 aliphatic carbocycles. The lowest BCUT2D eigenvalue weighted by Gasteiger charge is -2.05. The smallest absolute Gasteiger partial charge is 0.201 e. The van der Waals surface area contributed by atoms with Crippen molar-refractivity contribution in [3.8, 4) is 0 Å². The highest BCUT2D eigenvalue weighted by Gasteiger charge is 2.10. The number of thiophene rings is 1. The van der Waals surface area contributed by atoms with Gasteiger partial charge in [-0.05, 0) is 52.0 Å². The van der Waals surface area contributed by atoms with E-state index in [1.54, 1.807) is 11.3 Å².